The molecule has 1 aliphatic heterocycles. The molecule has 3 heterocycles. The van der Waals surface area contributed by atoms with Gasteiger partial charge in [-0.15, -0.1) is 0 Å². The summed E-state index contributed by atoms with van der Waals surface area (Å²) in [5.74, 6) is 2.68. The highest BCUT2D eigenvalue weighted by atomic mass is 79.9. The quantitative estimate of drug-likeness (QED) is 0.866. The van der Waals surface area contributed by atoms with E-state index in [4.69, 9.17) is 4.98 Å². The van der Waals surface area contributed by atoms with Crippen molar-refractivity contribution >= 4 is 21.7 Å². The van der Waals surface area contributed by atoms with Crippen molar-refractivity contribution in [3.05, 3.63) is 35.0 Å². The second-order valence-corrected chi connectivity index (χ2v) is 6.51. The Morgan fingerprint density at radius 2 is 2.10 bits per heavy atom. The van der Waals surface area contributed by atoms with Gasteiger partial charge in [0.25, 0.3) is 0 Å². The predicted molar refractivity (Wildman–Crippen MR) is 79.8 cm³/mol. The van der Waals surface area contributed by atoms with Crippen LogP contribution < -0.4 is 4.90 Å². The van der Waals surface area contributed by atoms with Crippen molar-refractivity contribution in [2.75, 3.05) is 18.0 Å². The van der Waals surface area contributed by atoms with E-state index in [0.717, 1.165) is 29.2 Å². The molecule has 1 aliphatic carbocycles. The lowest BCUT2D eigenvalue weighted by molar-refractivity contribution is 0.363. The lowest BCUT2D eigenvalue weighted by Gasteiger charge is -2.40. The monoisotopic (exact) mass is 333 g/mol. The summed E-state index contributed by atoms with van der Waals surface area (Å²) >= 11 is 3.44. The Bertz CT molecular complexity index is 616. The Hall–Kier alpha value is -1.43. The van der Waals surface area contributed by atoms with Gasteiger partial charge in [0.2, 0.25) is 0 Å². The van der Waals surface area contributed by atoms with Gasteiger partial charge in [0.1, 0.15) is 11.6 Å². The molecule has 1 saturated heterocycles. The Labute approximate surface area is 126 Å². The topological polar surface area (TPSA) is 46.8 Å². The highest BCUT2D eigenvalue weighted by Gasteiger charge is 2.31. The van der Waals surface area contributed by atoms with E-state index in [2.05, 4.69) is 30.9 Å². The molecule has 6 heteroatoms. The van der Waals surface area contributed by atoms with Gasteiger partial charge in [-0.05, 0) is 34.8 Å². The molecule has 0 atom stereocenters. The molecule has 0 radical (unpaired) electrons. The molecule has 0 aromatic carbocycles. The fraction of sp³-hybridized carbons (Fsp3) is 0.500. The van der Waals surface area contributed by atoms with Crippen LogP contribution in [0.4, 0.5) is 5.82 Å². The van der Waals surface area contributed by atoms with Crippen LogP contribution in [0.1, 0.15) is 37.0 Å². The third kappa shape index (κ3) is 2.12. The molecule has 0 spiro atoms. The summed E-state index contributed by atoms with van der Waals surface area (Å²) < 4.78 is 3.06. The van der Waals surface area contributed by atoms with E-state index in [1.165, 1.54) is 19.3 Å². The first-order chi connectivity index (χ1) is 9.79. The van der Waals surface area contributed by atoms with Crippen molar-refractivity contribution in [1.82, 2.24) is 19.7 Å². The van der Waals surface area contributed by atoms with Gasteiger partial charge in [0.05, 0.1) is 16.7 Å². The van der Waals surface area contributed by atoms with E-state index < -0.39 is 0 Å². The minimum Gasteiger partial charge on any atom is -0.352 e. The van der Waals surface area contributed by atoms with Crippen molar-refractivity contribution in [1.29, 1.82) is 0 Å². The number of anilines is 1. The largest absolute Gasteiger partial charge is 0.352 e. The number of halogens is 1. The third-order valence-corrected chi connectivity index (χ3v) is 4.67. The first-order valence-electron chi connectivity index (χ1n) is 7.07. The standard InChI is InChI=1S/C14H16BrN5/c15-11-6-17-20(7-11)12-8-19(9-12)13-4-5-16-14(18-13)10-2-1-3-10/h4-7,10,12H,1-3,8-9H2. The van der Waals surface area contributed by atoms with E-state index >= 15 is 0 Å². The van der Waals surface area contributed by atoms with Crippen LogP contribution >= 0.6 is 15.9 Å². The molecule has 0 unspecified atom stereocenters. The van der Waals surface area contributed by atoms with Crippen molar-refractivity contribution in [3.63, 3.8) is 0 Å². The molecule has 2 aliphatic rings. The van der Waals surface area contributed by atoms with E-state index in [1.807, 2.05) is 29.3 Å². The van der Waals surface area contributed by atoms with Gasteiger partial charge in [0, 0.05) is 31.4 Å². The summed E-state index contributed by atoms with van der Waals surface area (Å²) in [6.45, 7) is 1.94. The molecule has 0 bridgehead atoms. The molecule has 2 aromatic heterocycles. The van der Waals surface area contributed by atoms with Crippen molar-refractivity contribution in [2.24, 2.45) is 0 Å². The fourth-order valence-corrected chi connectivity index (χ4v) is 3.03. The van der Waals surface area contributed by atoms with Gasteiger partial charge in [0.15, 0.2) is 0 Å². The first-order valence-corrected chi connectivity index (χ1v) is 7.86. The van der Waals surface area contributed by atoms with Crippen LogP contribution in [0.25, 0.3) is 0 Å². The van der Waals surface area contributed by atoms with Crippen molar-refractivity contribution in [3.8, 4) is 0 Å². The second kappa shape index (κ2) is 4.84. The molecule has 5 nitrogen and oxygen atoms in total. The van der Waals surface area contributed by atoms with Gasteiger partial charge < -0.3 is 4.90 Å². The number of aromatic nitrogens is 4. The average Bonchev–Trinajstić information content (AvgIpc) is 2.72. The Morgan fingerprint density at radius 3 is 2.75 bits per heavy atom. The van der Waals surface area contributed by atoms with Crippen molar-refractivity contribution in [2.45, 2.75) is 31.2 Å². The zero-order valence-electron chi connectivity index (χ0n) is 11.1. The molecule has 20 heavy (non-hydrogen) atoms. The van der Waals surface area contributed by atoms with Crippen molar-refractivity contribution < 1.29 is 0 Å². The molecule has 0 amide bonds. The molecular formula is C14H16BrN5. The zero-order chi connectivity index (χ0) is 13.5. The van der Waals surface area contributed by atoms with Crippen LogP contribution in [-0.4, -0.2) is 32.8 Å². The van der Waals surface area contributed by atoms with Crippen LogP contribution in [0.3, 0.4) is 0 Å². The number of nitrogens with zero attached hydrogens (tertiary/aromatic N) is 5. The molecule has 2 aromatic rings. The van der Waals surface area contributed by atoms with Gasteiger partial charge in [-0.25, -0.2) is 9.97 Å². The lowest BCUT2D eigenvalue weighted by atomic mass is 9.85. The Morgan fingerprint density at radius 1 is 1.25 bits per heavy atom. The van der Waals surface area contributed by atoms with E-state index in [0.29, 0.717) is 12.0 Å². The maximum atomic E-state index is 4.73. The van der Waals surface area contributed by atoms with Gasteiger partial charge >= 0.3 is 0 Å². The molecule has 4 rings (SSSR count). The van der Waals surface area contributed by atoms with E-state index in [-0.39, 0.29) is 0 Å². The summed E-state index contributed by atoms with van der Waals surface area (Å²) in [5, 5.41) is 4.34. The highest BCUT2D eigenvalue weighted by Crippen LogP contribution is 2.35. The van der Waals surface area contributed by atoms with E-state index in [9.17, 15) is 0 Å². The highest BCUT2D eigenvalue weighted by molar-refractivity contribution is 9.10. The third-order valence-electron chi connectivity index (χ3n) is 4.26. The summed E-state index contributed by atoms with van der Waals surface area (Å²) in [4.78, 5) is 11.4. The van der Waals surface area contributed by atoms with Gasteiger partial charge in [-0.2, -0.15) is 5.10 Å². The maximum Gasteiger partial charge on any atom is 0.133 e. The molecule has 1 saturated carbocycles. The first kappa shape index (κ1) is 12.3. The molecule has 104 valence electrons. The summed E-state index contributed by atoms with van der Waals surface area (Å²) in [5.41, 5.74) is 0. The number of hydrogen-bond acceptors (Lipinski definition) is 4. The normalized spacial score (nSPS) is 19.8. The van der Waals surface area contributed by atoms with Crippen LogP contribution in [0.15, 0.2) is 29.1 Å². The minimum atomic E-state index is 0.448. The Balaban J connectivity index is 1.45. The number of rotatable bonds is 3. The predicted octanol–water partition coefficient (Wildman–Crippen LogP) is 2.76. The average molecular weight is 334 g/mol. The summed E-state index contributed by atoms with van der Waals surface area (Å²) in [6, 6.07) is 2.46. The Kier molecular flexibility index (Phi) is 2.98. The lowest BCUT2D eigenvalue weighted by Crippen LogP contribution is -2.48. The van der Waals surface area contributed by atoms with Crippen LogP contribution in [0.2, 0.25) is 0 Å². The number of hydrogen-bond donors (Lipinski definition) is 0. The summed E-state index contributed by atoms with van der Waals surface area (Å²) in [6.07, 6.45) is 9.57. The van der Waals surface area contributed by atoms with Crippen LogP contribution in [0, 0.1) is 0 Å². The van der Waals surface area contributed by atoms with E-state index in [1.54, 1.807) is 0 Å². The smallest absolute Gasteiger partial charge is 0.133 e. The molecule has 0 N–H and O–H groups in total. The molecular weight excluding hydrogens is 318 g/mol. The molecule has 2 fully saturated rings. The maximum absolute atomic E-state index is 4.73. The van der Waals surface area contributed by atoms with Gasteiger partial charge in [-0.3, -0.25) is 4.68 Å². The van der Waals surface area contributed by atoms with Crippen LogP contribution in [0.5, 0.6) is 0 Å². The fourth-order valence-electron chi connectivity index (χ4n) is 2.73. The van der Waals surface area contributed by atoms with Gasteiger partial charge in [-0.1, -0.05) is 6.42 Å². The zero-order valence-corrected chi connectivity index (χ0v) is 12.7. The SMILES string of the molecule is Brc1cnn(C2CN(c3ccnc(C4CCC4)n3)C2)c1. The minimum absolute atomic E-state index is 0.448. The summed E-state index contributed by atoms with van der Waals surface area (Å²) in [7, 11) is 0. The van der Waals surface area contributed by atoms with Crippen LogP contribution in [-0.2, 0) is 0 Å². The second-order valence-electron chi connectivity index (χ2n) is 5.60.